The Morgan fingerprint density at radius 2 is 1.72 bits per heavy atom. The maximum atomic E-state index is 12.3. The molecule has 0 bridgehead atoms. The zero-order valence-electron chi connectivity index (χ0n) is 8.23. The van der Waals surface area contributed by atoms with Crippen LogP contribution in [0, 0.1) is 0 Å². The first-order valence-corrected chi connectivity index (χ1v) is 4.16. The van der Waals surface area contributed by atoms with Crippen LogP contribution < -0.4 is 4.74 Å². The number of ether oxygens (including phenoxy) is 1. The SMILES string of the molecule is Oc1c(CF)cc(OC(F)(F)F)nc1C(F)(F)F. The van der Waals surface area contributed by atoms with E-state index in [0.717, 1.165) is 0 Å². The van der Waals surface area contributed by atoms with Gasteiger partial charge in [-0.3, -0.25) is 0 Å². The second kappa shape index (κ2) is 4.50. The Bertz CT molecular complexity index is 440. The van der Waals surface area contributed by atoms with E-state index in [1.807, 2.05) is 0 Å². The molecule has 0 aliphatic rings. The van der Waals surface area contributed by atoms with E-state index in [9.17, 15) is 30.7 Å². The van der Waals surface area contributed by atoms with Crippen molar-refractivity contribution in [2.75, 3.05) is 0 Å². The van der Waals surface area contributed by atoms with Crippen LogP contribution in [0.4, 0.5) is 30.7 Å². The van der Waals surface area contributed by atoms with Crippen molar-refractivity contribution in [3.63, 3.8) is 0 Å². The number of alkyl halides is 7. The number of rotatable bonds is 2. The van der Waals surface area contributed by atoms with Crippen LogP contribution in [0.15, 0.2) is 6.07 Å². The summed E-state index contributed by atoms with van der Waals surface area (Å²) >= 11 is 0. The highest BCUT2D eigenvalue weighted by atomic mass is 19.4. The van der Waals surface area contributed by atoms with E-state index >= 15 is 0 Å². The Hall–Kier alpha value is -1.74. The smallest absolute Gasteiger partial charge is 0.505 e. The van der Waals surface area contributed by atoms with E-state index in [2.05, 4.69) is 9.72 Å². The van der Waals surface area contributed by atoms with E-state index in [1.54, 1.807) is 0 Å². The van der Waals surface area contributed by atoms with Crippen LogP contribution in [0.25, 0.3) is 0 Å². The van der Waals surface area contributed by atoms with Gasteiger partial charge in [-0.2, -0.15) is 13.2 Å². The van der Waals surface area contributed by atoms with E-state index in [-0.39, 0.29) is 6.07 Å². The molecule has 1 N–H and O–H groups in total. The summed E-state index contributed by atoms with van der Waals surface area (Å²) in [6.07, 6.45) is -10.5. The molecule has 10 heteroatoms. The highest BCUT2D eigenvalue weighted by molar-refractivity contribution is 5.40. The maximum absolute atomic E-state index is 12.3. The Labute approximate surface area is 94.8 Å². The van der Waals surface area contributed by atoms with Crippen LogP contribution in [0.1, 0.15) is 11.3 Å². The van der Waals surface area contributed by atoms with Crippen molar-refractivity contribution in [3.05, 3.63) is 17.3 Å². The van der Waals surface area contributed by atoms with Gasteiger partial charge >= 0.3 is 12.5 Å². The molecular weight excluding hydrogens is 275 g/mol. The first-order chi connectivity index (χ1) is 8.04. The molecule has 0 radical (unpaired) electrons. The lowest BCUT2D eigenvalue weighted by molar-refractivity contribution is -0.276. The van der Waals surface area contributed by atoms with Crippen molar-refractivity contribution in [1.82, 2.24) is 4.98 Å². The van der Waals surface area contributed by atoms with E-state index in [0.29, 0.717) is 0 Å². The fraction of sp³-hybridized carbons (Fsp3) is 0.375. The molecule has 0 atom stereocenters. The quantitative estimate of drug-likeness (QED) is 0.845. The summed E-state index contributed by atoms with van der Waals surface area (Å²) < 4.78 is 87.7. The van der Waals surface area contributed by atoms with Gasteiger partial charge in [0.25, 0.3) is 0 Å². The zero-order chi connectivity index (χ0) is 14.1. The van der Waals surface area contributed by atoms with Gasteiger partial charge in [0.2, 0.25) is 5.88 Å². The van der Waals surface area contributed by atoms with Crippen molar-refractivity contribution in [2.24, 2.45) is 0 Å². The molecule has 0 unspecified atom stereocenters. The largest absolute Gasteiger partial charge is 0.574 e. The van der Waals surface area contributed by atoms with Gasteiger partial charge < -0.3 is 9.84 Å². The molecule has 1 rings (SSSR count). The lowest BCUT2D eigenvalue weighted by Crippen LogP contribution is -2.19. The second-order valence-electron chi connectivity index (χ2n) is 3.00. The Balaban J connectivity index is 3.31. The summed E-state index contributed by atoms with van der Waals surface area (Å²) in [5.74, 6) is -3.07. The second-order valence-corrected chi connectivity index (χ2v) is 3.00. The van der Waals surface area contributed by atoms with Gasteiger partial charge in [-0.05, 0) is 0 Å². The van der Waals surface area contributed by atoms with Gasteiger partial charge in [-0.25, -0.2) is 9.37 Å². The van der Waals surface area contributed by atoms with E-state index in [1.165, 1.54) is 0 Å². The molecule has 0 aliphatic carbocycles. The molecule has 0 saturated carbocycles. The minimum Gasteiger partial charge on any atom is -0.505 e. The Morgan fingerprint density at radius 1 is 1.17 bits per heavy atom. The molecule has 1 aromatic rings. The summed E-state index contributed by atoms with van der Waals surface area (Å²) in [5.41, 5.74) is -3.05. The average Bonchev–Trinajstić information content (AvgIpc) is 2.16. The first-order valence-electron chi connectivity index (χ1n) is 4.16. The van der Waals surface area contributed by atoms with E-state index < -0.39 is 42.1 Å². The van der Waals surface area contributed by atoms with Crippen LogP contribution in [0.5, 0.6) is 11.6 Å². The van der Waals surface area contributed by atoms with Crippen molar-refractivity contribution in [1.29, 1.82) is 0 Å². The van der Waals surface area contributed by atoms with Crippen LogP contribution in [0.2, 0.25) is 0 Å². The molecule has 102 valence electrons. The molecule has 1 heterocycles. The maximum Gasteiger partial charge on any atom is 0.574 e. The highest BCUT2D eigenvalue weighted by Crippen LogP contribution is 2.38. The predicted molar refractivity (Wildman–Crippen MR) is 42.4 cm³/mol. The predicted octanol–water partition coefficient (Wildman–Crippen LogP) is 3.17. The Morgan fingerprint density at radius 3 is 2.11 bits per heavy atom. The first kappa shape index (κ1) is 14.3. The van der Waals surface area contributed by atoms with Crippen molar-refractivity contribution >= 4 is 0 Å². The molecule has 1 aromatic heterocycles. The number of hydrogen-bond donors (Lipinski definition) is 1. The van der Waals surface area contributed by atoms with Gasteiger partial charge in [-0.15, -0.1) is 13.2 Å². The van der Waals surface area contributed by atoms with Gasteiger partial charge in [0.1, 0.15) is 6.67 Å². The minimum atomic E-state index is -5.28. The molecule has 0 aliphatic heterocycles. The van der Waals surface area contributed by atoms with Crippen molar-refractivity contribution in [2.45, 2.75) is 19.2 Å². The monoisotopic (exact) mass is 279 g/mol. The summed E-state index contributed by atoms with van der Waals surface area (Å²) in [5, 5.41) is 8.99. The minimum absolute atomic E-state index is 0.234. The average molecular weight is 279 g/mol. The lowest BCUT2D eigenvalue weighted by Gasteiger charge is -2.14. The summed E-state index contributed by atoms with van der Waals surface area (Å²) in [4.78, 5) is 2.45. The van der Waals surface area contributed by atoms with Crippen molar-refractivity contribution < 1.29 is 40.6 Å². The number of halogens is 7. The number of aromatic nitrogens is 1. The van der Waals surface area contributed by atoms with Gasteiger partial charge in [-0.1, -0.05) is 0 Å². The number of aromatic hydroxyl groups is 1. The lowest BCUT2D eigenvalue weighted by atomic mass is 10.2. The summed E-state index contributed by atoms with van der Waals surface area (Å²) in [6, 6.07) is 0.234. The summed E-state index contributed by atoms with van der Waals surface area (Å²) in [6.45, 7) is -1.61. The molecule has 0 fully saturated rings. The number of hydrogen-bond acceptors (Lipinski definition) is 3. The molecule has 3 nitrogen and oxygen atoms in total. The molecular formula is C8H4F7NO2. The van der Waals surface area contributed by atoms with Gasteiger partial charge in [0.05, 0.1) is 0 Å². The molecule has 0 saturated heterocycles. The van der Waals surface area contributed by atoms with Crippen LogP contribution in [0.3, 0.4) is 0 Å². The van der Waals surface area contributed by atoms with E-state index in [4.69, 9.17) is 5.11 Å². The Kier molecular flexibility index (Phi) is 3.58. The normalized spacial score (nSPS) is 12.6. The van der Waals surface area contributed by atoms with Crippen LogP contribution in [-0.2, 0) is 12.9 Å². The molecule has 0 spiro atoms. The van der Waals surface area contributed by atoms with Gasteiger partial charge in [0.15, 0.2) is 11.4 Å². The molecule has 0 aromatic carbocycles. The van der Waals surface area contributed by atoms with Crippen LogP contribution >= 0.6 is 0 Å². The summed E-state index contributed by atoms with van der Waals surface area (Å²) in [7, 11) is 0. The third kappa shape index (κ3) is 3.37. The third-order valence-corrected chi connectivity index (χ3v) is 1.68. The number of nitrogens with zero attached hydrogens (tertiary/aromatic N) is 1. The fourth-order valence-electron chi connectivity index (χ4n) is 1.04. The van der Waals surface area contributed by atoms with Crippen molar-refractivity contribution in [3.8, 4) is 11.6 Å². The molecule has 0 amide bonds. The number of pyridine rings is 1. The zero-order valence-corrected chi connectivity index (χ0v) is 8.23. The fourth-order valence-corrected chi connectivity index (χ4v) is 1.04. The third-order valence-electron chi connectivity index (χ3n) is 1.68. The molecule has 18 heavy (non-hydrogen) atoms. The van der Waals surface area contributed by atoms with Gasteiger partial charge in [0, 0.05) is 11.6 Å². The van der Waals surface area contributed by atoms with Crippen LogP contribution in [-0.4, -0.2) is 16.5 Å². The standard InChI is InChI=1S/C8H4F7NO2/c9-2-3-1-4(18-8(13,14)15)16-6(5(3)17)7(10,11)12/h1,17H,2H2. The highest BCUT2D eigenvalue weighted by Gasteiger charge is 2.39. The topological polar surface area (TPSA) is 42.4 Å².